The molecule has 0 aromatic carbocycles. The molecule has 4 heteroatoms. The molecule has 3 atom stereocenters. The van der Waals surface area contributed by atoms with Gasteiger partial charge in [-0.2, -0.15) is 0 Å². The van der Waals surface area contributed by atoms with Crippen LogP contribution in [0.5, 0.6) is 0 Å². The van der Waals surface area contributed by atoms with Gasteiger partial charge in [-0.3, -0.25) is 0 Å². The first-order valence-corrected chi connectivity index (χ1v) is 5.31. The third kappa shape index (κ3) is 1.03. The quantitative estimate of drug-likeness (QED) is 0.759. The first-order chi connectivity index (χ1) is 6.79. The van der Waals surface area contributed by atoms with Crippen LogP contribution in [0.2, 0.25) is 0 Å². The van der Waals surface area contributed by atoms with E-state index in [1.54, 1.807) is 10.9 Å². The Labute approximate surface area is 82.9 Å². The Morgan fingerprint density at radius 3 is 2.79 bits per heavy atom. The summed E-state index contributed by atoms with van der Waals surface area (Å²) in [7, 11) is 1.84. The minimum atomic E-state index is -0.342. The second-order valence-corrected chi connectivity index (χ2v) is 4.56. The molecule has 2 aliphatic rings. The van der Waals surface area contributed by atoms with Gasteiger partial charge in [-0.15, -0.1) is 5.10 Å². The van der Waals surface area contributed by atoms with Crippen molar-refractivity contribution in [2.75, 3.05) is 0 Å². The number of hydrogen-bond acceptors (Lipinski definition) is 3. The van der Waals surface area contributed by atoms with E-state index in [1.165, 1.54) is 19.3 Å². The maximum absolute atomic E-state index is 10.1. The van der Waals surface area contributed by atoms with Gasteiger partial charge in [-0.25, -0.2) is 4.68 Å². The molecule has 1 N–H and O–H groups in total. The van der Waals surface area contributed by atoms with Crippen molar-refractivity contribution >= 4 is 0 Å². The number of aliphatic hydroxyl groups is 1. The van der Waals surface area contributed by atoms with E-state index in [0.717, 1.165) is 17.5 Å². The number of aryl methyl sites for hydroxylation is 1. The normalized spacial score (nSPS) is 36.9. The molecule has 4 nitrogen and oxygen atoms in total. The average molecular weight is 193 g/mol. The molecule has 2 fully saturated rings. The number of nitrogens with zero attached hydrogens (tertiary/aromatic N) is 3. The fourth-order valence-corrected chi connectivity index (χ4v) is 3.11. The SMILES string of the molecule is Cn1nncc1C(O)C1C2CCCC21. The molecule has 1 heterocycles. The van der Waals surface area contributed by atoms with E-state index in [0.29, 0.717) is 5.92 Å². The van der Waals surface area contributed by atoms with Crippen LogP contribution in [0.15, 0.2) is 6.20 Å². The van der Waals surface area contributed by atoms with Crippen LogP contribution in [0.4, 0.5) is 0 Å². The molecule has 0 radical (unpaired) electrons. The van der Waals surface area contributed by atoms with E-state index in [-0.39, 0.29) is 6.10 Å². The number of fused-ring (bicyclic) bond motifs is 1. The number of hydrogen-bond donors (Lipinski definition) is 1. The van der Waals surface area contributed by atoms with Gasteiger partial charge in [0.1, 0.15) is 6.10 Å². The van der Waals surface area contributed by atoms with Crippen molar-refractivity contribution in [2.45, 2.75) is 25.4 Å². The lowest BCUT2D eigenvalue weighted by molar-refractivity contribution is 0.128. The van der Waals surface area contributed by atoms with Crippen molar-refractivity contribution in [1.82, 2.24) is 15.0 Å². The number of aliphatic hydroxyl groups excluding tert-OH is 1. The fraction of sp³-hybridized carbons (Fsp3) is 0.800. The van der Waals surface area contributed by atoms with E-state index < -0.39 is 0 Å². The van der Waals surface area contributed by atoms with Crippen LogP contribution in [-0.4, -0.2) is 20.1 Å². The zero-order chi connectivity index (χ0) is 9.71. The molecule has 2 aliphatic carbocycles. The number of aromatic nitrogens is 3. The molecule has 0 amide bonds. The molecule has 1 aromatic heterocycles. The smallest absolute Gasteiger partial charge is 0.101 e. The molecule has 3 rings (SSSR count). The second-order valence-electron chi connectivity index (χ2n) is 4.56. The third-order valence-corrected chi connectivity index (χ3v) is 3.89. The summed E-state index contributed by atoms with van der Waals surface area (Å²) in [5, 5.41) is 17.8. The highest BCUT2D eigenvalue weighted by Gasteiger charge is 2.56. The average Bonchev–Trinajstić information content (AvgIpc) is 2.57. The highest BCUT2D eigenvalue weighted by molar-refractivity contribution is 5.12. The van der Waals surface area contributed by atoms with Gasteiger partial charge in [0.25, 0.3) is 0 Å². The Hall–Kier alpha value is -0.900. The van der Waals surface area contributed by atoms with Crippen LogP contribution in [-0.2, 0) is 7.05 Å². The predicted molar refractivity (Wildman–Crippen MR) is 50.3 cm³/mol. The van der Waals surface area contributed by atoms with E-state index in [4.69, 9.17) is 0 Å². The maximum Gasteiger partial charge on any atom is 0.101 e. The summed E-state index contributed by atoms with van der Waals surface area (Å²) >= 11 is 0. The second kappa shape index (κ2) is 2.79. The zero-order valence-electron chi connectivity index (χ0n) is 8.30. The summed E-state index contributed by atoms with van der Waals surface area (Å²) in [5.74, 6) is 2.04. The lowest BCUT2D eigenvalue weighted by Gasteiger charge is -2.11. The van der Waals surface area contributed by atoms with Gasteiger partial charge in [-0.1, -0.05) is 11.6 Å². The van der Waals surface area contributed by atoms with Crippen LogP contribution in [0.3, 0.4) is 0 Å². The molecule has 14 heavy (non-hydrogen) atoms. The summed E-state index contributed by atoms with van der Waals surface area (Å²) in [6.45, 7) is 0. The van der Waals surface area contributed by atoms with Gasteiger partial charge in [-0.05, 0) is 30.6 Å². The van der Waals surface area contributed by atoms with Crippen molar-refractivity contribution < 1.29 is 5.11 Å². The molecule has 1 aromatic rings. The Bertz CT molecular complexity index is 339. The van der Waals surface area contributed by atoms with Gasteiger partial charge in [0.2, 0.25) is 0 Å². The highest BCUT2D eigenvalue weighted by Crippen LogP contribution is 2.62. The molecule has 0 spiro atoms. The molecule has 76 valence electrons. The Kier molecular flexibility index (Phi) is 1.68. The molecule has 0 bridgehead atoms. The fourth-order valence-electron chi connectivity index (χ4n) is 3.11. The Morgan fingerprint density at radius 2 is 2.21 bits per heavy atom. The van der Waals surface area contributed by atoms with Gasteiger partial charge < -0.3 is 5.11 Å². The largest absolute Gasteiger partial charge is 0.386 e. The van der Waals surface area contributed by atoms with E-state index in [9.17, 15) is 5.11 Å². The summed E-state index contributed by atoms with van der Waals surface area (Å²) in [4.78, 5) is 0. The molecule has 0 aliphatic heterocycles. The summed E-state index contributed by atoms with van der Waals surface area (Å²) in [5.41, 5.74) is 0.865. The molecule has 2 saturated carbocycles. The monoisotopic (exact) mass is 193 g/mol. The summed E-state index contributed by atoms with van der Waals surface area (Å²) in [6.07, 6.45) is 5.29. The molecule has 3 unspecified atom stereocenters. The summed E-state index contributed by atoms with van der Waals surface area (Å²) < 4.78 is 1.68. The Morgan fingerprint density at radius 1 is 1.50 bits per heavy atom. The zero-order valence-corrected chi connectivity index (χ0v) is 8.30. The lowest BCUT2D eigenvalue weighted by atomic mass is 10.0. The highest BCUT2D eigenvalue weighted by atomic mass is 16.3. The van der Waals surface area contributed by atoms with Gasteiger partial charge in [0.05, 0.1) is 11.9 Å². The molecular formula is C10H15N3O. The van der Waals surface area contributed by atoms with Crippen molar-refractivity contribution in [3.8, 4) is 0 Å². The number of rotatable bonds is 2. The van der Waals surface area contributed by atoms with Crippen LogP contribution in [0.25, 0.3) is 0 Å². The molecular weight excluding hydrogens is 178 g/mol. The van der Waals surface area contributed by atoms with Crippen LogP contribution in [0, 0.1) is 17.8 Å². The standard InChI is InChI=1S/C10H15N3O/c1-13-8(5-11-12-13)10(14)9-6-3-2-4-7(6)9/h5-7,9-10,14H,2-4H2,1H3. The van der Waals surface area contributed by atoms with Crippen molar-refractivity contribution in [3.05, 3.63) is 11.9 Å². The maximum atomic E-state index is 10.1. The predicted octanol–water partition coefficient (Wildman–Crippen LogP) is 0.895. The van der Waals surface area contributed by atoms with Crippen LogP contribution >= 0.6 is 0 Å². The third-order valence-electron chi connectivity index (χ3n) is 3.89. The first kappa shape index (κ1) is 8.41. The lowest BCUT2D eigenvalue weighted by Crippen LogP contribution is -2.09. The topological polar surface area (TPSA) is 50.9 Å². The Balaban J connectivity index is 1.78. The van der Waals surface area contributed by atoms with E-state index >= 15 is 0 Å². The van der Waals surface area contributed by atoms with Crippen molar-refractivity contribution in [2.24, 2.45) is 24.8 Å². The van der Waals surface area contributed by atoms with E-state index in [1.807, 2.05) is 7.05 Å². The van der Waals surface area contributed by atoms with Crippen molar-refractivity contribution in [1.29, 1.82) is 0 Å². The minimum Gasteiger partial charge on any atom is -0.386 e. The van der Waals surface area contributed by atoms with Crippen LogP contribution < -0.4 is 0 Å². The van der Waals surface area contributed by atoms with Crippen LogP contribution in [0.1, 0.15) is 31.1 Å². The van der Waals surface area contributed by atoms with Gasteiger partial charge in [0, 0.05) is 7.05 Å². The minimum absolute atomic E-state index is 0.342. The summed E-state index contributed by atoms with van der Waals surface area (Å²) in [6, 6.07) is 0. The van der Waals surface area contributed by atoms with Gasteiger partial charge >= 0.3 is 0 Å². The van der Waals surface area contributed by atoms with Crippen molar-refractivity contribution in [3.63, 3.8) is 0 Å². The first-order valence-electron chi connectivity index (χ1n) is 5.31. The van der Waals surface area contributed by atoms with E-state index in [2.05, 4.69) is 10.3 Å². The van der Waals surface area contributed by atoms with Gasteiger partial charge in [0.15, 0.2) is 0 Å². The molecule has 0 saturated heterocycles.